The van der Waals surface area contributed by atoms with Gasteiger partial charge in [-0.1, -0.05) is 30.3 Å². The molecule has 0 unspecified atom stereocenters. The van der Waals surface area contributed by atoms with E-state index in [1.165, 1.54) is 0 Å². The van der Waals surface area contributed by atoms with E-state index in [1.54, 1.807) is 12.1 Å². The first kappa shape index (κ1) is 14.2. The molecule has 0 aliphatic heterocycles. The Kier molecular flexibility index (Phi) is 3.00. The van der Waals surface area contributed by atoms with Gasteiger partial charge in [0.25, 0.3) is 0 Å². The van der Waals surface area contributed by atoms with Crippen LogP contribution in [-0.4, -0.2) is 25.1 Å². The summed E-state index contributed by atoms with van der Waals surface area (Å²) >= 11 is 0. The summed E-state index contributed by atoms with van der Waals surface area (Å²) in [6.07, 6.45) is 2.29. The van der Waals surface area contributed by atoms with Crippen LogP contribution in [0.25, 0.3) is 32.3 Å². The van der Waals surface area contributed by atoms with Crippen LogP contribution < -0.4 is 0 Å². The van der Waals surface area contributed by atoms with Crippen molar-refractivity contribution in [2.24, 2.45) is 0 Å². The molecule has 24 heavy (non-hydrogen) atoms. The summed E-state index contributed by atoms with van der Waals surface area (Å²) in [6, 6.07) is 11.0. The van der Waals surface area contributed by atoms with E-state index in [-0.39, 0.29) is 16.7 Å². The van der Waals surface area contributed by atoms with Crippen LogP contribution in [0.5, 0.6) is 0 Å². The fraction of sp³-hybridized carbons (Fsp3) is 0. The largest absolute Gasteiger partial charge is 0.298 e. The molecule has 0 fully saturated rings. The lowest BCUT2D eigenvalue weighted by molar-refractivity contribution is 0.108. The van der Waals surface area contributed by atoms with Gasteiger partial charge < -0.3 is 0 Å². The molecule has 4 heteroatoms. The van der Waals surface area contributed by atoms with E-state index in [9.17, 15) is 19.2 Å². The minimum absolute atomic E-state index is 0.0222. The van der Waals surface area contributed by atoms with E-state index in [4.69, 9.17) is 0 Å². The topological polar surface area (TPSA) is 68.3 Å². The van der Waals surface area contributed by atoms with Gasteiger partial charge in [-0.05, 0) is 33.0 Å². The summed E-state index contributed by atoms with van der Waals surface area (Å²) in [5.41, 5.74) is 0.609. The van der Waals surface area contributed by atoms with Crippen molar-refractivity contribution < 1.29 is 19.2 Å². The molecular weight excluding hydrogens is 304 g/mol. The number of benzene rings is 4. The Bertz CT molecular complexity index is 1170. The molecule has 4 aromatic carbocycles. The highest BCUT2D eigenvalue weighted by Gasteiger charge is 2.21. The molecule has 0 bridgehead atoms. The van der Waals surface area contributed by atoms with Crippen molar-refractivity contribution >= 4 is 57.5 Å². The van der Waals surface area contributed by atoms with Crippen LogP contribution in [0.3, 0.4) is 0 Å². The second kappa shape index (κ2) is 5.06. The summed E-state index contributed by atoms with van der Waals surface area (Å²) in [5.74, 6) is 0. The van der Waals surface area contributed by atoms with Gasteiger partial charge in [0.15, 0.2) is 25.1 Å². The molecule has 0 saturated heterocycles. The Morgan fingerprint density at radius 2 is 1.29 bits per heavy atom. The molecule has 0 spiro atoms. The maximum atomic E-state index is 11.7. The quantitative estimate of drug-likeness (QED) is 0.424. The van der Waals surface area contributed by atoms with Crippen LogP contribution >= 0.6 is 0 Å². The predicted octanol–water partition coefficient (Wildman–Crippen LogP) is 3.83. The van der Waals surface area contributed by atoms with E-state index in [0.29, 0.717) is 46.9 Å². The summed E-state index contributed by atoms with van der Waals surface area (Å²) in [6.45, 7) is 0. The van der Waals surface area contributed by atoms with E-state index in [0.717, 1.165) is 16.2 Å². The van der Waals surface area contributed by atoms with E-state index in [1.807, 2.05) is 24.3 Å². The third-order valence-corrected chi connectivity index (χ3v) is 4.55. The Morgan fingerprint density at radius 1 is 0.583 bits per heavy atom. The highest BCUT2D eigenvalue weighted by molar-refractivity contribution is 6.32. The van der Waals surface area contributed by atoms with Gasteiger partial charge in [-0.15, -0.1) is 0 Å². The van der Waals surface area contributed by atoms with Gasteiger partial charge in [-0.2, -0.15) is 0 Å². The number of rotatable bonds is 4. The van der Waals surface area contributed by atoms with Crippen molar-refractivity contribution in [3.8, 4) is 0 Å². The minimum atomic E-state index is 0.0222. The van der Waals surface area contributed by atoms with Crippen LogP contribution in [-0.2, 0) is 0 Å². The summed E-state index contributed by atoms with van der Waals surface area (Å²) in [7, 11) is 0. The van der Waals surface area contributed by atoms with Crippen molar-refractivity contribution in [1.82, 2.24) is 0 Å². The highest BCUT2D eigenvalue weighted by Crippen LogP contribution is 2.40. The maximum absolute atomic E-state index is 11.7. The monoisotopic (exact) mass is 314 g/mol. The summed E-state index contributed by atoms with van der Waals surface area (Å²) < 4.78 is 0. The first-order chi connectivity index (χ1) is 11.7. The average Bonchev–Trinajstić information content (AvgIpc) is 2.64. The molecule has 0 saturated carbocycles. The molecule has 4 nitrogen and oxygen atoms in total. The Hall–Kier alpha value is -3.40. The fourth-order valence-electron chi connectivity index (χ4n) is 3.58. The van der Waals surface area contributed by atoms with Crippen LogP contribution in [0.4, 0.5) is 0 Å². The second-order valence-corrected chi connectivity index (χ2v) is 5.62. The highest BCUT2D eigenvalue weighted by atomic mass is 16.1. The molecule has 0 aliphatic carbocycles. The van der Waals surface area contributed by atoms with Crippen LogP contribution in [0.1, 0.15) is 41.4 Å². The van der Waals surface area contributed by atoms with Crippen molar-refractivity contribution in [2.75, 3.05) is 0 Å². The third-order valence-electron chi connectivity index (χ3n) is 4.55. The zero-order chi connectivity index (χ0) is 16.8. The minimum Gasteiger partial charge on any atom is -0.298 e. The molecule has 0 radical (unpaired) electrons. The zero-order valence-electron chi connectivity index (χ0n) is 12.4. The maximum Gasteiger partial charge on any atom is 0.151 e. The van der Waals surface area contributed by atoms with Crippen LogP contribution in [0.2, 0.25) is 0 Å². The van der Waals surface area contributed by atoms with Crippen molar-refractivity contribution in [3.63, 3.8) is 0 Å². The number of hydrogen-bond acceptors (Lipinski definition) is 4. The molecule has 114 valence electrons. The van der Waals surface area contributed by atoms with Crippen LogP contribution in [0.15, 0.2) is 36.4 Å². The van der Waals surface area contributed by atoms with Gasteiger partial charge in [0, 0.05) is 27.6 Å². The molecule has 0 aliphatic rings. The Morgan fingerprint density at radius 3 is 1.96 bits per heavy atom. The van der Waals surface area contributed by atoms with E-state index < -0.39 is 0 Å². The molecule has 0 atom stereocenters. The standard InChI is InChI=1S/C20H10O4/c21-7-13-6-12-3-1-2-11-4-5-14-15(8-22)16(9-23)17(10-24)19(13)20(14)18(11)12/h1-10H. The molecular formula is C20H10O4. The SMILES string of the molecule is O=Cc1c(C=O)c2ccc3cccc4cc(C=O)c(c1C=O)c2c34. The predicted molar refractivity (Wildman–Crippen MR) is 91.7 cm³/mol. The Balaban J connectivity index is 2.50. The third kappa shape index (κ3) is 1.62. The van der Waals surface area contributed by atoms with E-state index in [2.05, 4.69) is 0 Å². The summed E-state index contributed by atoms with van der Waals surface area (Å²) in [4.78, 5) is 46.4. The van der Waals surface area contributed by atoms with Gasteiger partial charge in [0.1, 0.15) is 0 Å². The number of carbonyl (C=O) groups is 4. The average molecular weight is 314 g/mol. The van der Waals surface area contributed by atoms with Gasteiger partial charge in [0.2, 0.25) is 0 Å². The molecule has 0 amide bonds. The molecule has 4 rings (SSSR count). The fourth-order valence-corrected chi connectivity index (χ4v) is 3.58. The van der Waals surface area contributed by atoms with Gasteiger partial charge >= 0.3 is 0 Å². The first-order valence-corrected chi connectivity index (χ1v) is 7.33. The lowest BCUT2D eigenvalue weighted by Gasteiger charge is -2.17. The number of aldehydes is 4. The number of hydrogen-bond donors (Lipinski definition) is 0. The van der Waals surface area contributed by atoms with Gasteiger partial charge in [-0.3, -0.25) is 19.2 Å². The van der Waals surface area contributed by atoms with Gasteiger partial charge in [0.05, 0.1) is 0 Å². The van der Waals surface area contributed by atoms with Crippen molar-refractivity contribution in [2.45, 2.75) is 0 Å². The lowest BCUT2D eigenvalue weighted by Crippen LogP contribution is -2.04. The molecule has 4 aromatic rings. The van der Waals surface area contributed by atoms with Crippen LogP contribution in [0, 0.1) is 0 Å². The van der Waals surface area contributed by atoms with Crippen molar-refractivity contribution in [1.29, 1.82) is 0 Å². The Labute approximate surface area is 136 Å². The lowest BCUT2D eigenvalue weighted by atomic mass is 9.85. The molecule has 0 heterocycles. The second-order valence-electron chi connectivity index (χ2n) is 5.62. The first-order valence-electron chi connectivity index (χ1n) is 7.33. The number of carbonyl (C=O) groups excluding carboxylic acids is 4. The van der Waals surface area contributed by atoms with E-state index >= 15 is 0 Å². The molecule has 0 N–H and O–H groups in total. The smallest absolute Gasteiger partial charge is 0.151 e. The summed E-state index contributed by atoms with van der Waals surface area (Å²) in [5, 5.41) is 4.32. The normalized spacial score (nSPS) is 11.2. The molecule has 0 aromatic heterocycles. The van der Waals surface area contributed by atoms with Crippen molar-refractivity contribution in [3.05, 3.63) is 58.7 Å². The zero-order valence-corrected chi connectivity index (χ0v) is 12.4. The van der Waals surface area contributed by atoms with Gasteiger partial charge in [-0.25, -0.2) is 0 Å².